The summed E-state index contributed by atoms with van der Waals surface area (Å²) in [7, 11) is 0. The molecule has 0 saturated carbocycles. The number of hydrogen-bond acceptors (Lipinski definition) is 3. The van der Waals surface area contributed by atoms with E-state index in [4.69, 9.17) is 4.74 Å². The molecular formula is C24H21FN2O2. The Morgan fingerprint density at radius 3 is 2.41 bits per heavy atom. The lowest BCUT2D eigenvalue weighted by atomic mass is 9.98. The van der Waals surface area contributed by atoms with Gasteiger partial charge >= 0.3 is 6.09 Å². The summed E-state index contributed by atoms with van der Waals surface area (Å²) in [5.41, 5.74) is 5.19. The van der Waals surface area contributed by atoms with Gasteiger partial charge in [-0.2, -0.15) is 4.39 Å². The van der Waals surface area contributed by atoms with Gasteiger partial charge in [-0.25, -0.2) is 9.78 Å². The summed E-state index contributed by atoms with van der Waals surface area (Å²) in [5, 5.41) is 2.73. The van der Waals surface area contributed by atoms with Crippen molar-refractivity contribution in [1.82, 2.24) is 10.3 Å². The number of nitrogens with zero attached hydrogens (tertiary/aromatic N) is 1. The number of benzene rings is 2. The molecule has 0 fully saturated rings. The van der Waals surface area contributed by atoms with Crippen LogP contribution in [0.3, 0.4) is 0 Å². The van der Waals surface area contributed by atoms with Gasteiger partial charge in [0, 0.05) is 24.2 Å². The molecule has 5 heteroatoms. The Bertz CT molecular complexity index is 1000. The Morgan fingerprint density at radius 1 is 1.03 bits per heavy atom. The first kappa shape index (κ1) is 18.9. The van der Waals surface area contributed by atoms with Gasteiger partial charge in [0.2, 0.25) is 5.95 Å². The zero-order valence-corrected chi connectivity index (χ0v) is 15.8. The smallest absolute Gasteiger partial charge is 0.407 e. The Hall–Kier alpha value is -3.47. The van der Waals surface area contributed by atoms with Crippen molar-refractivity contribution in [2.45, 2.75) is 12.3 Å². The number of alkyl carbamates (subject to hydrolysis) is 1. The number of aromatic nitrogens is 1. The van der Waals surface area contributed by atoms with Crippen LogP contribution in [-0.2, 0) is 4.74 Å². The normalized spacial score (nSPS) is 12.6. The van der Waals surface area contributed by atoms with Gasteiger partial charge in [-0.05, 0) is 40.8 Å². The van der Waals surface area contributed by atoms with Crippen LogP contribution in [0, 0.1) is 5.95 Å². The number of carbonyl (C=O) groups is 1. The third-order valence-corrected chi connectivity index (χ3v) is 5.01. The maximum atomic E-state index is 13.4. The summed E-state index contributed by atoms with van der Waals surface area (Å²) in [4.78, 5) is 15.7. The fourth-order valence-corrected chi connectivity index (χ4v) is 3.64. The number of halogens is 1. The molecule has 4 rings (SSSR count). The van der Waals surface area contributed by atoms with Crippen molar-refractivity contribution < 1.29 is 13.9 Å². The van der Waals surface area contributed by atoms with Gasteiger partial charge in [-0.15, -0.1) is 0 Å². The molecule has 0 radical (unpaired) electrons. The second kappa shape index (κ2) is 8.69. The number of hydrogen-bond donors (Lipinski definition) is 1. The van der Waals surface area contributed by atoms with Crippen LogP contribution in [0.25, 0.3) is 17.2 Å². The molecule has 1 aliphatic rings. The van der Waals surface area contributed by atoms with Crippen LogP contribution in [0.2, 0.25) is 0 Å². The first-order valence-corrected chi connectivity index (χ1v) is 9.60. The second-order valence-electron chi connectivity index (χ2n) is 6.83. The van der Waals surface area contributed by atoms with Crippen molar-refractivity contribution in [1.29, 1.82) is 0 Å². The van der Waals surface area contributed by atoms with Gasteiger partial charge < -0.3 is 10.1 Å². The predicted molar refractivity (Wildman–Crippen MR) is 111 cm³/mol. The molecule has 1 amide bonds. The van der Waals surface area contributed by atoms with Gasteiger partial charge in [-0.3, -0.25) is 0 Å². The summed E-state index contributed by atoms with van der Waals surface area (Å²) in [6.45, 7) is 0.700. The van der Waals surface area contributed by atoms with Crippen LogP contribution in [0.1, 0.15) is 29.0 Å². The molecule has 0 atom stereocenters. The van der Waals surface area contributed by atoms with E-state index in [1.165, 1.54) is 28.5 Å². The van der Waals surface area contributed by atoms with Crippen LogP contribution >= 0.6 is 0 Å². The van der Waals surface area contributed by atoms with E-state index in [0.717, 1.165) is 0 Å². The Morgan fingerprint density at radius 2 is 1.72 bits per heavy atom. The molecule has 4 nitrogen and oxygen atoms in total. The molecule has 3 aromatic rings. The van der Waals surface area contributed by atoms with E-state index in [2.05, 4.69) is 34.6 Å². The SMILES string of the molecule is O=C(NCCC=Cc1cccnc1F)OCC1c2ccccc2-c2ccccc21. The molecule has 1 N–H and O–H groups in total. The fourth-order valence-electron chi connectivity index (χ4n) is 3.64. The van der Waals surface area contributed by atoms with Crippen molar-refractivity contribution in [2.75, 3.05) is 13.2 Å². The number of fused-ring (bicyclic) bond motifs is 3. The highest BCUT2D eigenvalue weighted by molar-refractivity contribution is 5.79. The predicted octanol–water partition coefficient (Wildman–Crippen LogP) is 5.16. The molecule has 0 spiro atoms. The molecule has 1 aromatic heterocycles. The average molecular weight is 388 g/mol. The van der Waals surface area contributed by atoms with Crippen LogP contribution < -0.4 is 5.32 Å². The minimum Gasteiger partial charge on any atom is -0.449 e. The van der Waals surface area contributed by atoms with Crippen molar-refractivity contribution in [3.05, 3.63) is 95.6 Å². The summed E-state index contributed by atoms with van der Waals surface area (Å²) in [6.07, 6.45) is 4.97. The molecule has 0 unspecified atom stereocenters. The highest BCUT2D eigenvalue weighted by Gasteiger charge is 2.28. The number of ether oxygens (including phenoxy) is 1. The van der Waals surface area contributed by atoms with E-state index in [-0.39, 0.29) is 12.5 Å². The molecular weight excluding hydrogens is 367 g/mol. The van der Waals surface area contributed by atoms with Crippen molar-refractivity contribution in [3.63, 3.8) is 0 Å². The maximum Gasteiger partial charge on any atom is 0.407 e. The largest absolute Gasteiger partial charge is 0.449 e. The number of rotatable bonds is 6. The van der Waals surface area contributed by atoms with Gasteiger partial charge in [0.15, 0.2) is 0 Å². The highest BCUT2D eigenvalue weighted by Crippen LogP contribution is 2.44. The van der Waals surface area contributed by atoms with E-state index in [1.54, 1.807) is 24.3 Å². The van der Waals surface area contributed by atoms with Crippen LogP contribution in [0.15, 0.2) is 72.9 Å². The molecule has 2 aromatic carbocycles. The van der Waals surface area contributed by atoms with E-state index in [1.807, 2.05) is 24.3 Å². The highest BCUT2D eigenvalue weighted by atomic mass is 19.1. The number of pyridine rings is 1. The Balaban J connectivity index is 1.29. The van der Waals surface area contributed by atoms with E-state index in [0.29, 0.717) is 18.5 Å². The lowest BCUT2D eigenvalue weighted by Crippen LogP contribution is -2.26. The van der Waals surface area contributed by atoms with Crippen molar-refractivity contribution in [2.24, 2.45) is 0 Å². The lowest BCUT2D eigenvalue weighted by Gasteiger charge is -2.14. The maximum absolute atomic E-state index is 13.4. The zero-order valence-electron chi connectivity index (χ0n) is 15.8. The summed E-state index contributed by atoms with van der Waals surface area (Å²) in [5.74, 6) is -0.463. The number of nitrogens with one attached hydrogen (secondary N) is 1. The summed E-state index contributed by atoms with van der Waals surface area (Å²) in [6, 6.07) is 19.8. The van der Waals surface area contributed by atoms with E-state index in [9.17, 15) is 9.18 Å². The summed E-state index contributed by atoms with van der Waals surface area (Å²) >= 11 is 0. The fraction of sp³-hybridized carbons (Fsp3) is 0.167. The average Bonchev–Trinajstić information content (AvgIpc) is 3.07. The third-order valence-electron chi connectivity index (χ3n) is 5.01. The second-order valence-corrected chi connectivity index (χ2v) is 6.83. The van der Waals surface area contributed by atoms with Crippen LogP contribution in [-0.4, -0.2) is 24.2 Å². The van der Waals surface area contributed by atoms with Gasteiger partial charge in [0.25, 0.3) is 0 Å². The monoisotopic (exact) mass is 388 g/mol. The minimum absolute atomic E-state index is 0.0431. The number of carbonyl (C=O) groups excluding carboxylic acids is 1. The van der Waals surface area contributed by atoms with Crippen molar-refractivity contribution >= 4 is 12.2 Å². The zero-order chi connectivity index (χ0) is 20.1. The molecule has 1 aliphatic carbocycles. The van der Waals surface area contributed by atoms with E-state index >= 15 is 0 Å². The molecule has 1 heterocycles. The van der Waals surface area contributed by atoms with Crippen LogP contribution in [0.5, 0.6) is 0 Å². The van der Waals surface area contributed by atoms with Crippen molar-refractivity contribution in [3.8, 4) is 11.1 Å². The number of amides is 1. The molecule has 0 aliphatic heterocycles. The van der Waals surface area contributed by atoms with Gasteiger partial charge in [-0.1, -0.05) is 60.7 Å². The van der Waals surface area contributed by atoms with Gasteiger partial charge in [0.1, 0.15) is 6.61 Å². The molecule has 0 bridgehead atoms. The Kier molecular flexibility index (Phi) is 5.66. The quantitative estimate of drug-likeness (QED) is 0.469. The summed E-state index contributed by atoms with van der Waals surface area (Å²) < 4.78 is 18.9. The molecule has 146 valence electrons. The minimum atomic E-state index is -0.506. The van der Waals surface area contributed by atoms with Crippen LogP contribution in [0.4, 0.5) is 9.18 Å². The lowest BCUT2D eigenvalue weighted by molar-refractivity contribution is 0.143. The first-order chi connectivity index (χ1) is 14.2. The standard InChI is InChI=1S/C24H21FN2O2/c25-23-17(9-7-15-26-23)8-5-6-14-27-24(28)29-16-22-20-12-3-1-10-18(20)19-11-2-4-13-21(19)22/h1-5,7-13,15,22H,6,14,16H2,(H,27,28). The molecule has 29 heavy (non-hydrogen) atoms. The Labute approximate surface area is 169 Å². The molecule has 0 saturated heterocycles. The third kappa shape index (κ3) is 4.19. The van der Waals surface area contributed by atoms with Gasteiger partial charge in [0.05, 0.1) is 0 Å². The van der Waals surface area contributed by atoms with E-state index < -0.39 is 12.0 Å². The first-order valence-electron chi connectivity index (χ1n) is 9.60. The topological polar surface area (TPSA) is 51.2 Å².